The Labute approximate surface area is 170 Å². The van der Waals surface area contributed by atoms with Crippen molar-refractivity contribution in [3.05, 3.63) is 22.8 Å². The number of amides is 2. The van der Waals surface area contributed by atoms with Gasteiger partial charge in [-0.1, -0.05) is 11.6 Å². The lowest BCUT2D eigenvalue weighted by Crippen LogP contribution is -2.51. The number of primary amides is 1. The number of likely N-dealkylation sites (tertiary alicyclic amines) is 2. The zero-order valence-electron chi connectivity index (χ0n) is 16.1. The molecule has 0 aliphatic carbocycles. The number of nitrogens with zero attached hydrogens (tertiary/aromatic N) is 4. The fourth-order valence-corrected chi connectivity index (χ4v) is 5.03. The molecular weight excluding hydrogens is 378 g/mol. The molecule has 0 aromatic carbocycles. The normalized spacial score (nSPS) is 24.1. The summed E-state index contributed by atoms with van der Waals surface area (Å²) in [6, 6.07) is 3.72. The van der Waals surface area contributed by atoms with E-state index >= 15 is 0 Å². The molecule has 1 atom stereocenters. The van der Waals surface area contributed by atoms with Gasteiger partial charge in [0.05, 0.1) is 6.04 Å². The molecule has 152 valence electrons. The average molecular weight is 406 g/mol. The molecule has 0 radical (unpaired) electrons. The number of piperidine rings is 1. The van der Waals surface area contributed by atoms with E-state index in [1.165, 1.54) is 0 Å². The van der Waals surface area contributed by atoms with E-state index in [1.807, 2.05) is 11.0 Å². The van der Waals surface area contributed by atoms with E-state index in [9.17, 15) is 9.59 Å². The summed E-state index contributed by atoms with van der Waals surface area (Å²) in [6.07, 6.45) is 5.90. The fraction of sp³-hybridized carbons (Fsp3) is 0.650. The fourth-order valence-electron chi connectivity index (χ4n) is 4.83. The maximum absolute atomic E-state index is 13.1. The van der Waals surface area contributed by atoms with Gasteiger partial charge in [-0.25, -0.2) is 4.98 Å². The minimum Gasteiger partial charge on any atom is -0.368 e. The van der Waals surface area contributed by atoms with Crippen LogP contribution in [0.1, 0.15) is 48.9 Å². The number of pyridine rings is 1. The molecule has 3 aliphatic rings. The monoisotopic (exact) mass is 405 g/mol. The Hall–Kier alpha value is -1.86. The lowest BCUT2D eigenvalue weighted by Gasteiger charge is -2.38. The maximum atomic E-state index is 13.1. The van der Waals surface area contributed by atoms with E-state index < -0.39 is 0 Å². The first-order chi connectivity index (χ1) is 13.5. The van der Waals surface area contributed by atoms with E-state index in [4.69, 9.17) is 17.3 Å². The van der Waals surface area contributed by atoms with E-state index in [0.717, 1.165) is 64.0 Å². The molecule has 3 aliphatic heterocycles. The summed E-state index contributed by atoms with van der Waals surface area (Å²) in [7, 11) is 0. The van der Waals surface area contributed by atoms with Crippen LogP contribution in [0.2, 0.25) is 5.15 Å². The zero-order chi connectivity index (χ0) is 19.7. The zero-order valence-corrected chi connectivity index (χ0v) is 16.9. The quantitative estimate of drug-likeness (QED) is 0.773. The van der Waals surface area contributed by atoms with E-state index in [2.05, 4.69) is 14.8 Å². The van der Waals surface area contributed by atoms with Crippen LogP contribution in [0.4, 0.5) is 5.82 Å². The SMILES string of the molecule is NC(=O)C1CCCN1C1CCN(C(=O)c2cc(Cl)nc(N3CCCC3)c2)CC1. The van der Waals surface area contributed by atoms with Crippen LogP contribution in [-0.2, 0) is 4.79 Å². The highest BCUT2D eigenvalue weighted by molar-refractivity contribution is 6.29. The number of halogens is 1. The number of hydrogen-bond acceptors (Lipinski definition) is 5. The molecule has 1 aromatic rings. The molecule has 2 N–H and O–H groups in total. The predicted octanol–water partition coefficient (Wildman–Crippen LogP) is 1.89. The predicted molar refractivity (Wildman–Crippen MR) is 109 cm³/mol. The van der Waals surface area contributed by atoms with Gasteiger partial charge < -0.3 is 15.5 Å². The van der Waals surface area contributed by atoms with Crippen LogP contribution in [0, 0.1) is 0 Å². The number of hydrogen-bond donors (Lipinski definition) is 1. The maximum Gasteiger partial charge on any atom is 0.254 e. The van der Waals surface area contributed by atoms with Crippen molar-refractivity contribution in [1.82, 2.24) is 14.8 Å². The van der Waals surface area contributed by atoms with Gasteiger partial charge >= 0.3 is 0 Å². The smallest absolute Gasteiger partial charge is 0.254 e. The molecule has 0 bridgehead atoms. The Kier molecular flexibility index (Phi) is 5.73. The molecule has 1 aromatic heterocycles. The van der Waals surface area contributed by atoms with Crippen LogP contribution in [0.25, 0.3) is 0 Å². The molecule has 1 unspecified atom stereocenters. The van der Waals surface area contributed by atoms with Crippen molar-refractivity contribution in [2.75, 3.05) is 37.6 Å². The van der Waals surface area contributed by atoms with E-state index in [0.29, 0.717) is 29.8 Å². The van der Waals surface area contributed by atoms with Gasteiger partial charge in [-0.05, 0) is 57.2 Å². The van der Waals surface area contributed by atoms with Crippen molar-refractivity contribution >= 4 is 29.2 Å². The average Bonchev–Trinajstić information content (AvgIpc) is 3.39. The van der Waals surface area contributed by atoms with E-state index in [1.54, 1.807) is 6.07 Å². The summed E-state index contributed by atoms with van der Waals surface area (Å²) < 4.78 is 0. The minimum atomic E-state index is -0.225. The van der Waals surface area contributed by atoms with Crippen molar-refractivity contribution in [1.29, 1.82) is 0 Å². The second-order valence-corrected chi connectivity index (χ2v) is 8.44. The third kappa shape index (κ3) is 3.96. The van der Waals surface area contributed by atoms with Gasteiger partial charge in [0.15, 0.2) is 0 Å². The van der Waals surface area contributed by atoms with Crippen molar-refractivity contribution in [3.8, 4) is 0 Å². The van der Waals surface area contributed by atoms with Gasteiger partial charge in [0.25, 0.3) is 5.91 Å². The Morgan fingerprint density at radius 1 is 1.00 bits per heavy atom. The van der Waals surface area contributed by atoms with Gasteiger partial charge in [0, 0.05) is 37.8 Å². The molecule has 0 spiro atoms. The highest BCUT2D eigenvalue weighted by Crippen LogP contribution is 2.28. The van der Waals surface area contributed by atoms with Crippen LogP contribution >= 0.6 is 11.6 Å². The number of nitrogens with two attached hydrogens (primary N) is 1. The standard InChI is InChI=1S/C20H28ClN5O2/c21-17-12-14(13-18(23-17)24-7-1-2-8-24)20(28)25-10-5-15(6-11-25)26-9-3-4-16(26)19(22)27/h12-13,15-16H,1-11H2,(H2,22,27). The van der Waals surface area contributed by atoms with Crippen molar-refractivity contribution < 1.29 is 9.59 Å². The summed E-state index contributed by atoms with van der Waals surface area (Å²) in [5, 5.41) is 0.365. The Bertz CT molecular complexity index is 744. The van der Waals surface area contributed by atoms with E-state index in [-0.39, 0.29) is 17.9 Å². The van der Waals surface area contributed by atoms with Crippen molar-refractivity contribution in [3.63, 3.8) is 0 Å². The number of rotatable bonds is 4. The summed E-state index contributed by atoms with van der Waals surface area (Å²) in [5.41, 5.74) is 6.17. The van der Waals surface area contributed by atoms with Gasteiger partial charge in [-0.15, -0.1) is 0 Å². The van der Waals surface area contributed by atoms with Crippen LogP contribution in [-0.4, -0.2) is 71.4 Å². The minimum absolute atomic E-state index is 0.0103. The number of carbonyl (C=O) groups is 2. The number of anilines is 1. The topological polar surface area (TPSA) is 82.8 Å². The third-order valence-electron chi connectivity index (χ3n) is 6.30. The Morgan fingerprint density at radius 2 is 1.71 bits per heavy atom. The Balaban J connectivity index is 1.41. The lowest BCUT2D eigenvalue weighted by atomic mass is 10.0. The second kappa shape index (κ2) is 8.25. The molecule has 4 heterocycles. The van der Waals surface area contributed by atoms with Gasteiger partial charge in [0.2, 0.25) is 5.91 Å². The van der Waals surface area contributed by atoms with Crippen molar-refractivity contribution in [2.24, 2.45) is 5.73 Å². The molecule has 4 rings (SSSR count). The summed E-state index contributed by atoms with van der Waals surface area (Å²) in [6.45, 7) is 4.22. The number of carbonyl (C=O) groups excluding carboxylic acids is 2. The van der Waals surface area contributed by atoms with Crippen LogP contribution in [0.5, 0.6) is 0 Å². The molecule has 28 heavy (non-hydrogen) atoms. The van der Waals surface area contributed by atoms with Crippen LogP contribution < -0.4 is 10.6 Å². The number of aromatic nitrogens is 1. The van der Waals surface area contributed by atoms with Gasteiger partial charge in [-0.2, -0.15) is 0 Å². The molecule has 8 heteroatoms. The second-order valence-electron chi connectivity index (χ2n) is 8.05. The molecule has 0 saturated carbocycles. The summed E-state index contributed by atoms with van der Waals surface area (Å²) in [5.74, 6) is 0.581. The third-order valence-corrected chi connectivity index (χ3v) is 6.49. The Morgan fingerprint density at radius 3 is 2.39 bits per heavy atom. The highest BCUT2D eigenvalue weighted by atomic mass is 35.5. The van der Waals surface area contributed by atoms with Crippen LogP contribution in [0.3, 0.4) is 0 Å². The first-order valence-corrected chi connectivity index (χ1v) is 10.7. The molecular formula is C20H28ClN5O2. The van der Waals surface area contributed by atoms with Gasteiger partial charge in [0.1, 0.15) is 11.0 Å². The first-order valence-electron chi connectivity index (χ1n) is 10.3. The van der Waals surface area contributed by atoms with Gasteiger partial charge in [-0.3, -0.25) is 14.5 Å². The first kappa shape index (κ1) is 19.5. The summed E-state index contributed by atoms with van der Waals surface area (Å²) >= 11 is 6.21. The van der Waals surface area contributed by atoms with Crippen LogP contribution in [0.15, 0.2) is 12.1 Å². The summed E-state index contributed by atoms with van der Waals surface area (Å²) in [4.78, 5) is 35.5. The molecule has 2 amide bonds. The lowest BCUT2D eigenvalue weighted by molar-refractivity contribution is -0.123. The molecule has 3 fully saturated rings. The van der Waals surface area contributed by atoms with Crippen molar-refractivity contribution in [2.45, 2.75) is 50.6 Å². The highest BCUT2D eigenvalue weighted by Gasteiger charge is 2.36. The molecule has 7 nitrogen and oxygen atoms in total. The molecule has 3 saturated heterocycles. The largest absolute Gasteiger partial charge is 0.368 e.